The van der Waals surface area contributed by atoms with Crippen molar-refractivity contribution >= 4 is 138 Å². The predicted molar refractivity (Wildman–Crippen MR) is 258 cm³/mol. The molecule has 0 heterocycles. The van der Waals surface area contributed by atoms with Crippen molar-refractivity contribution in [2.75, 3.05) is 6.67 Å². The van der Waals surface area contributed by atoms with E-state index in [-0.39, 0.29) is 62.7 Å². The molecule has 334 valence electrons. The van der Waals surface area contributed by atoms with Crippen LogP contribution in [0.5, 0.6) is 11.5 Å². The quantitative estimate of drug-likeness (QED) is 0.0433. The molecule has 2 atom stereocenters. The largest absolute Gasteiger partial charge is 0.507 e. The van der Waals surface area contributed by atoms with Gasteiger partial charge in [0, 0.05) is 60.5 Å². The van der Waals surface area contributed by atoms with Crippen LogP contribution >= 0.6 is 79.6 Å². The average Bonchev–Trinajstić information content (AvgIpc) is 3.27. The number of phenols is 2. The molecule has 8 rings (SSSR count). The number of ketones is 4. The van der Waals surface area contributed by atoms with Gasteiger partial charge in [-0.1, -0.05) is 80.4 Å². The first-order valence-corrected chi connectivity index (χ1v) is 23.8. The first-order valence-electron chi connectivity index (χ1n) is 19.8. The van der Waals surface area contributed by atoms with Crippen LogP contribution < -0.4 is 21.3 Å². The first-order chi connectivity index (χ1) is 31.5. The van der Waals surface area contributed by atoms with Crippen LogP contribution in [-0.4, -0.2) is 52.2 Å². The van der Waals surface area contributed by atoms with Gasteiger partial charge in [0.2, 0.25) is 11.6 Å². The second-order valence-corrected chi connectivity index (χ2v) is 19.3. The molecule has 2 unspecified atom stereocenters. The molecular formula is C47H33Br5N4O10+2. The Labute approximate surface area is 417 Å². The van der Waals surface area contributed by atoms with Crippen LogP contribution in [0.1, 0.15) is 101 Å². The lowest BCUT2D eigenvalue weighted by atomic mass is 9.82. The number of hydrogen-bond donors (Lipinski definition) is 6. The van der Waals surface area contributed by atoms with E-state index in [1.165, 1.54) is 12.1 Å². The second-order valence-electron chi connectivity index (χ2n) is 15.0. The molecular weight excluding hydrogens is 1180 g/mol. The maximum absolute atomic E-state index is 13.7. The molecule has 0 saturated carbocycles. The van der Waals surface area contributed by atoms with Crippen LogP contribution in [0.3, 0.4) is 0 Å². The molecule has 0 aliphatic heterocycles. The summed E-state index contributed by atoms with van der Waals surface area (Å²) < 4.78 is 14.2. The van der Waals surface area contributed by atoms with Gasteiger partial charge in [-0.25, -0.2) is 9.59 Å². The highest BCUT2D eigenvalue weighted by molar-refractivity contribution is 9.12. The van der Waals surface area contributed by atoms with Gasteiger partial charge in [0.15, 0.2) is 17.3 Å². The fraction of sp³-hybridized carbons (Fsp3) is 0.106. The van der Waals surface area contributed by atoms with E-state index in [1.807, 2.05) is 0 Å². The summed E-state index contributed by atoms with van der Waals surface area (Å²) in [6, 6.07) is 24.0. The number of phenolic OH excluding ortho intramolecular Hbond substituents is 2. The highest BCUT2D eigenvalue weighted by atomic mass is 79.9. The Kier molecular flexibility index (Phi) is 13.5. The second kappa shape index (κ2) is 19.0. The number of carbonyl (C=O) groups excluding carboxylic acids is 6. The number of aromatic hydroxyl groups is 2. The van der Waals surface area contributed by atoms with Gasteiger partial charge in [0.25, 0.3) is 0 Å². The summed E-state index contributed by atoms with van der Waals surface area (Å²) >= 11 is 17.9. The number of fused-ring (bicyclic) bond motifs is 4. The monoisotopic (exact) mass is 1210 g/mol. The summed E-state index contributed by atoms with van der Waals surface area (Å²) in [6.07, 6.45) is -3.42. The normalized spacial score (nSPS) is 13.5. The molecule has 2 aliphatic rings. The van der Waals surface area contributed by atoms with Gasteiger partial charge in [-0.3, -0.25) is 29.8 Å². The van der Waals surface area contributed by atoms with Crippen molar-refractivity contribution in [2.45, 2.75) is 26.1 Å². The molecule has 0 fully saturated rings. The zero-order valence-electron chi connectivity index (χ0n) is 34.2. The average molecular weight is 1210 g/mol. The molecule has 2 amide bonds. The third kappa shape index (κ3) is 8.76. The zero-order valence-corrected chi connectivity index (χ0v) is 42.2. The molecule has 0 radical (unpaired) electrons. The van der Waals surface area contributed by atoms with Gasteiger partial charge in [-0.2, -0.15) is 0 Å². The molecule has 6 aromatic carbocycles. The Morgan fingerprint density at radius 1 is 0.545 bits per heavy atom. The SMILES string of the molecule is CC(OC(=O)NCNC(=O)OC(C)c1c(Br)cc(Br)c([NH2+]c2ccc(O)c3c2C(=O)c2ccccc2C3=O)c1Br)c1cc([NH2+]c2ccc(O)c3c2C(=O)c2ccccc2C3=O)c(Br)cc1Br. The Hall–Kier alpha value is -5.54. The smallest absolute Gasteiger partial charge is 0.409 e. The van der Waals surface area contributed by atoms with Crippen molar-refractivity contribution in [3.63, 3.8) is 0 Å². The van der Waals surface area contributed by atoms with Gasteiger partial charge < -0.3 is 30.3 Å². The lowest BCUT2D eigenvalue weighted by molar-refractivity contribution is -0.480. The highest BCUT2D eigenvalue weighted by Gasteiger charge is 2.38. The predicted octanol–water partition coefficient (Wildman–Crippen LogP) is 9.75. The topological polar surface area (TPSA) is 219 Å². The number of alkyl carbamates (subject to hydrolysis) is 2. The Bertz CT molecular complexity index is 3120. The number of hydrogen-bond acceptors (Lipinski definition) is 10. The number of nitrogens with two attached hydrogens (primary N) is 2. The minimum absolute atomic E-state index is 0.0628. The van der Waals surface area contributed by atoms with Gasteiger partial charge in [-0.15, -0.1) is 0 Å². The van der Waals surface area contributed by atoms with E-state index in [2.05, 4.69) is 90.3 Å². The van der Waals surface area contributed by atoms with E-state index in [1.54, 1.807) is 103 Å². The number of rotatable bonds is 10. The van der Waals surface area contributed by atoms with Gasteiger partial charge >= 0.3 is 12.2 Å². The third-order valence-corrected chi connectivity index (χ3v) is 14.6. The van der Waals surface area contributed by atoms with Crippen molar-refractivity contribution in [3.05, 3.63) is 169 Å². The van der Waals surface area contributed by atoms with Gasteiger partial charge in [0.05, 0.1) is 42.3 Å². The summed E-state index contributed by atoms with van der Waals surface area (Å²) in [5.74, 6) is -2.34. The van der Waals surface area contributed by atoms with Crippen molar-refractivity contribution in [1.29, 1.82) is 0 Å². The molecule has 0 spiro atoms. The van der Waals surface area contributed by atoms with Crippen molar-refractivity contribution in [3.8, 4) is 11.5 Å². The van der Waals surface area contributed by atoms with Crippen LogP contribution in [0, 0.1) is 0 Å². The van der Waals surface area contributed by atoms with E-state index in [0.717, 1.165) is 0 Å². The van der Waals surface area contributed by atoms with E-state index in [9.17, 15) is 39.0 Å². The number of benzene rings is 6. The Morgan fingerprint density at radius 2 is 0.985 bits per heavy atom. The fourth-order valence-electron chi connectivity index (χ4n) is 7.87. The lowest BCUT2D eigenvalue weighted by Gasteiger charge is -2.21. The number of quaternary nitrogens is 2. The van der Waals surface area contributed by atoms with Crippen LogP contribution in [-0.2, 0) is 9.47 Å². The number of ether oxygens (including phenoxy) is 2. The summed E-state index contributed by atoms with van der Waals surface area (Å²) in [7, 11) is 0. The minimum Gasteiger partial charge on any atom is -0.507 e. The molecule has 0 saturated heterocycles. The summed E-state index contributed by atoms with van der Waals surface area (Å²) in [4.78, 5) is 80.2. The summed E-state index contributed by atoms with van der Waals surface area (Å²) in [5.41, 5.74) is 3.87. The summed E-state index contributed by atoms with van der Waals surface area (Å²) in [5, 5.41) is 29.7. The zero-order chi connectivity index (χ0) is 47.3. The maximum Gasteiger partial charge on any atom is 0.409 e. The minimum atomic E-state index is -0.868. The Morgan fingerprint density at radius 3 is 1.48 bits per heavy atom. The number of nitrogens with one attached hydrogen (secondary N) is 2. The molecule has 14 nitrogen and oxygen atoms in total. The van der Waals surface area contributed by atoms with E-state index >= 15 is 0 Å². The third-order valence-electron chi connectivity index (χ3n) is 11.0. The molecule has 8 N–H and O–H groups in total. The molecule has 66 heavy (non-hydrogen) atoms. The molecule has 0 bridgehead atoms. The fourth-order valence-corrected chi connectivity index (χ4v) is 12.3. The number of carbonyl (C=O) groups is 6. The number of halogens is 5. The maximum atomic E-state index is 13.7. The molecule has 19 heteroatoms. The van der Waals surface area contributed by atoms with Gasteiger partial charge in [-0.05, 0) is 85.9 Å². The van der Waals surface area contributed by atoms with Crippen LogP contribution in [0.15, 0.2) is 113 Å². The van der Waals surface area contributed by atoms with Gasteiger partial charge in [0.1, 0.15) is 40.8 Å². The van der Waals surface area contributed by atoms with Crippen molar-refractivity contribution < 1.29 is 59.1 Å². The molecule has 2 aliphatic carbocycles. The lowest BCUT2D eigenvalue weighted by Crippen LogP contribution is -2.72. The van der Waals surface area contributed by atoms with Crippen molar-refractivity contribution in [2.24, 2.45) is 0 Å². The molecule has 6 aromatic rings. The van der Waals surface area contributed by atoms with E-state index < -0.39 is 47.5 Å². The first kappa shape index (κ1) is 47.0. The van der Waals surface area contributed by atoms with Crippen LogP contribution in [0.25, 0.3) is 0 Å². The van der Waals surface area contributed by atoms with Crippen LogP contribution in [0.2, 0.25) is 0 Å². The van der Waals surface area contributed by atoms with Crippen molar-refractivity contribution in [1.82, 2.24) is 10.6 Å². The number of amides is 2. The Balaban J connectivity index is 0.906. The van der Waals surface area contributed by atoms with Crippen LogP contribution in [0.4, 0.5) is 32.3 Å². The highest BCUT2D eigenvalue weighted by Crippen LogP contribution is 2.43. The summed E-state index contributed by atoms with van der Waals surface area (Å²) in [6.45, 7) is 2.93. The van der Waals surface area contributed by atoms with E-state index in [0.29, 0.717) is 56.2 Å². The standard InChI is InChI=1S/C47H31Br5N4O10/c1-19(25-15-32(27(49)16-26(25)48)55-30-11-13-33(57)38-36(30)42(59)21-7-3-5-9-23(21)44(38)61)65-46(63)53-18-54-47(64)66-20(2)35-28(50)17-29(51)41(40(35)52)56-31-12-14-34(58)39-37(31)43(60)22-8-4-6-10-24(22)45(39)62/h3-17,19-20,55-58H,18H2,1-2H3,(H,53,63)(H,54,64)/p+2. The van der Waals surface area contributed by atoms with E-state index in [4.69, 9.17) is 9.47 Å². The molecule has 0 aromatic heterocycles.